The third-order valence-corrected chi connectivity index (χ3v) is 4.07. The maximum Gasteiger partial charge on any atom is 0.492 e. The molecule has 3 aromatic rings. The zero-order valence-corrected chi connectivity index (χ0v) is 13.1. The molecule has 0 saturated heterocycles. The molecule has 3 heterocycles. The van der Waals surface area contributed by atoms with Crippen molar-refractivity contribution in [1.29, 1.82) is 0 Å². The van der Waals surface area contributed by atoms with Gasteiger partial charge in [0.25, 0.3) is 4.73 Å². The van der Waals surface area contributed by atoms with Crippen molar-refractivity contribution >= 4 is 49.2 Å². The average molecular weight is 370 g/mol. The van der Waals surface area contributed by atoms with Gasteiger partial charge in [0, 0.05) is 28.1 Å². The van der Waals surface area contributed by atoms with E-state index in [2.05, 4.69) is 41.3 Å². The van der Waals surface area contributed by atoms with Crippen LogP contribution in [0.25, 0.3) is 10.2 Å². The van der Waals surface area contributed by atoms with Gasteiger partial charge in [-0.1, -0.05) is 0 Å². The van der Waals surface area contributed by atoms with E-state index in [9.17, 15) is 10.1 Å². The van der Waals surface area contributed by atoms with Gasteiger partial charge in [-0.2, -0.15) is 4.68 Å². The van der Waals surface area contributed by atoms with Crippen LogP contribution in [0.5, 0.6) is 0 Å². The maximum atomic E-state index is 10.7. The second-order valence-electron chi connectivity index (χ2n) is 3.97. The molecule has 0 saturated carbocycles. The highest BCUT2D eigenvalue weighted by Gasteiger charge is 2.20. The summed E-state index contributed by atoms with van der Waals surface area (Å²) in [5, 5.41) is 20.3. The zero-order chi connectivity index (χ0) is 15.0. The van der Waals surface area contributed by atoms with Gasteiger partial charge in [0.05, 0.1) is 5.39 Å². The fourth-order valence-electron chi connectivity index (χ4n) is 1.78. The minimum atomic E-state index is -0.649. The molecule has 11 heteroatoms. The third kappa shape index (κ3) is 2.56. The Kier molecular flexibility index (Phi) is 3.51. The molecule has 0 bridgehead atoms. The van der Waals surface area contributed by atoms with Crippen LogP contribution >= 0.6 is 27.3 Å². The summed E-state index contributed by atoms with van der Waals surface area (Å²) >= 11 is 4.64. The molecule has 0 aliphatic rings. The number of nitro groups is 1. The van der Waals surface area contributed by atoms with Crippen molar-refractivity contribution in [2.24, 2.45) is 0 Å². The van der Waals surface area contributed by atoms with E-state index in [1.165, 1.54) is 16.0 Å². The third-order valence-electron chi connectivity index (χ3n) is 2.68. The summed E-state index contributed by atoms with van der Waals surface area (Å²) in [6.07, 6.45) is 0. The Hall–Kier alpha value is -2.14. The Morgan fingerprint density at radius 1 is 1.48 bits per heavy atom. The van der Waals surface area contributed by atoms with Gasteiger partial charge in [0.1, 0.15) is 17.2 Å². The Balaban J connectivity index is 1.99. The lowest BCUT2D eigenvalue weighted by molar-refractivity contribution is -0.394. The highest BCUT2D eigenvalue weighted by atomic mass is 79.9. The summed E-state index contributed by atoms with van der Waals surface area (Å²) in [7, 11) is 1.78. The van der Waals surface area contributed by atoms with E-state index in [0.717, 1.165) is 10.2 Å². The van der Waals surface area contributed by atoms with Gasteiger partial charge in [-0.15, -0.1) is 11.3 Å². The molecule has 108 valence electrons. The summed E-state index contributed by atoms with van der Waals surface area (Å²) in [6, 6.07) is 1.94. The van der Waals surface area contributed by atoms with E-state index >= 15 is 0 Å². The van der Waals surface area contributed by atoms with Crippen LogP contribution in [0.4, 0.5) is 11.8 Å². The van der Waals surface area contributed by atoms with Crippen molar-refractivity contribution in [2.75, 3.05) is 12.4 Å². The van der Waals surface area contributed by atoms with Crippen LogP contribution in [-0.4, -0.2) is 36.7 Å². The standard InChI is InChI=1S/C10H8BrN7O2S/c1-12-7-5-2-3-21-8(5)14-6(13-7)4-17-9(11)15-10(16-17)18(19)20/h2-3H,4H2,1H3,(H,12,13,14). The number of nitrogens with one attached hydrogen (secondary N) is 1. The first-order valence-electron chi connectivity index (χ1n) is 5.75. The highest BCUT2D eigenvalue weighted by molar-refractivity contribution is 9.10. The highest BCUT2D eigenvalue weighted by Crippen LogP contribution is 2.25. The van der Waals surface area contributed by atoms with Crippen LogP contribution in [0.15, 0.2) is 16.2 Å². The lowest BCUT2D eigenvalue weighted by Crippen LogP contribution is -2.08. The molecule has 0 atom stereocenters. The first-order chi connectivity index (χ1) is 10.1. The van der Waals surface area contributed by atoms with Crippen LogP contribution in [0.1, 0.15) is 5.82 Å². The second-order valence-corrected chi connectivity index (χ2v) is 5.58. The zero-order valence-electron chi connectivity index (χ0n) is 10.6. The summed E-state index contributed by atoms with van der Waals surface area (Å²) in [5.41, 5.74) is 0. The maximum absolute atomic E-state index is 10.7. The Morgan fingerprint density at radius 3 is 2.95 bits per heavy atom. The van der Waals surface area contributed by atoms with Gasteiger partial charge >= 0.3 is 5.95 Å². The predicted octanol–water partition coefficient (Wildman–Crippen LogP) is 2.04. The van der Waals surface area contributed by atoms with Gasteiger partial charge in [-0.25, -0.2) is 9.97 Å². The van der Waals surface area contributed by atoms with Crippen molar-refractivity contribution < 1.29 is 4.92 Å². The molecule has 21 heavy (non-hydrogen) atoms. The van der Waals surface area contributed by atoms with Crippen molar-refractivity contribution in [1.82, 2.24) is 24.7 Å². The summed E-state index contributed by atoms with van der Waals surface area (Å²) < 4.78 is 1.60. The SMILES string of the molecule is CNc1nc(Cn2nc([N+](=O)[O-])nc2Br)nc2sccc12. The number of nitrogens with zero attached hydrogens (tertiary/aromatic N) is 6. The minimum absolute atomic E-state index is 0.184. The number of hydrogen-bond donors (Lipinski definition) is 1. The molecule has 0 radical (unpaired) electrons. The largest absolute Gasteiger partial charge is 0.492 e. The van der Waals surface area contributed by atoms with Crippen LogP contribution in [0.2, 0.25) is 0 Å². The molecule has 0 aromatic carbocycles. The molecule has 0 aliphatic heterocycles. The lowest BCUT2D eigenvalue weighted by Gasteiger charge is -2.04. The number of aromatic nitrogens is 5. The fraction of sp³-hybridized carbons (Fsp3) is 0.200. The molecular weight excluding hydrogens is 362 g/mol. The quantitative estimate of drug-likeness (QED) is 0.552. The van der Waals surface area contributed by atoms with E-state index in [1.54, 1.807) is 7.05 Å². The number of halogens is 1. The van der Waals surface area contributed by atoms with Crippen molar-refractivity contribution in [3.05, 3.63) is 32.1 Å². The van der Waals surface area contributed by atoms with E-state index < -0.39 is 10.9 Å². The van der Waals surface area contributed by atoms with Crippen LogP contribution in [0.3, 0.4) is 0 Å². The van der Waals surface area contributed by atoms with E-state index in [0.29, 0.717) is 11.6 Å². The van der Waals surface area contributed by atoms with Crippen molar-refractivity contribution in [2.45, 2.75) is 6.54 Å². The second kappa shape index (κ2) is 5.33. The first kappa shape index (κ1) is 13.8. The molecule has 9 nitrogen and oxygen atoms in total. The van der Waals surface area contributed by atoms with Gasteiger partial charge < -0.3 is 15.4 Å². The number of anilines is 1. The lowest BCUT2D eigenvalue weighted by atomic mass is 10.3. The first-order valence-corrected chi connectivity index (χ1v) is 7.42. The predicted molar refractivity (Wildman–Crippen MR) is 80.4 cm³/mol. The Morgan fingerprint density at radius 2 is 2.29 bits per heavy atom. The normalized spacial score (nSPS) is 11.0. The Bertz CT molecular complexity index is 830. The topological polar surface area (TPSA) is 112 Å². The monoisotopic (exact) mass is 369 g/mol. The van der Waals surface area contributed by atoms with Gasteiger partial charge in [0.2, 0.25) is 0 Å². The van der Waals surface area contributed by atoms with Gasteiger partial charge in [-0.05, 0) is 21.4 Å². The number of rotatable bonds is 4. The minimum Gasteiger partial charge on any atom is -0.390 e. The average Bonchev–Trinajstić information content (AvgIpc) is 3.05. The fourth-order valence-corrected chi connectivity index (χ4v) is 2.93. The van der Waals surface area contributed by atoms with Gasteiger partial charge in [0.15, 0.2) is 5.82 Å². The van der Waals surface area contributed by atoms with Crippen LogP contribution < -0.4 is 5.32 Å². The number of fused-ring (bicyclic) bond motifs is 1. The summed E-state index contributed by atoms with van der Waals surface area (Å²) in [5.74, 6) is 0.740. The summed E-state index contributed by atoms with van der Waals surface area (Å²) in [4.78, 5) is 23.4. The van der Waals surface area contributed by atoms with E-state index in [1.807, 2.05) is 11.4 Å². The summed E-state index contributed by atoms with van der Waals surface area (Å²) in [6.45, 7) is 0.184. The molecule has 0 spiro atoms. The van der Waals surface area contributed by atoms with Crippen LogP contribution in [0, 0.1) is 10.1 Å². The molecule has 3 rings (SSSR count). The molecule has 0 aliphatic carbocycles. The van der Waals surface area contributed by atoms with E-state index in [-0.39, 0.29) is 11.3 Å². The van der Waals surface area contributed by atoms with Gasteiger partial charge in [-0.3, -0.25) is 0 Å². The van der Waals surface area contributed by atoms with Crippen molar-refractivity contribution in [3.63, 3.8) is 0 Å². The molecule has 0 amide bonds. The van der Waals surface area contributed by atoms with Crippen LogP contribution in [-0.2, 0) is 6.54 Å². The number of thiophene rings is 1. The number of hydrogen-bond acceptors (Lipinski definition) is 8. The molecule has 1 N–H and O–H groups in total. The Labute approximate surface area is 130 Å². The smallest absolute Gasteiger partial charge is 0.390 e. The molecule has 3 aromatic heterocycles. The molecular formula is C10H8BrN7O2S. The molecule has 0 fully saturated rings. The molecule has 0 unspecified atom stereocenters. The van der Waals surface area contributed by atoms with Crippen molar-refractivity contribution in [3.8, 4) is 0 Å². The van der Waals surface area contributed by atoms with E-state index in [4.69, 9.17) is 0 Å².